The second-order valence-corrected chi connectivity index (χ2v) is 5.15. The third kappa shape index (κ3) is 4.68. The summed E-state index contributed by atoms with van der Waals surface area (Å²) in [7, 11) is 0. The number of carbonyl (C=O) groups excluding carboxylic acids is 2. The van der Waals surface area contributed by atoms with Crippen molar-refractivity contribution in [1.29, 1.82) is 0 Å². The number of esters is 1. The fourth-order valence-electron chi connectivity index (χ4n) is 1.71. The van der Waals surface area contributed by atoms with Gasteiger partial charge in [-0.25, -0.2) is 9.78 Å². The Balaban J connectivity index is 1.84. The molecule has 6 heteroatoms. The molecule has 1 aromatic heterocycles. The van der Waals surface area contributed by atoms with E-state index in [0.717, 1.165) is 5.56 Å². The number of nitrogens with zero attached hydrogens (tertiary/aromatic N) is 1. The van der Waals surface area contributed by atoms with Crippen molar-refractivity contribution in [2.75, 3.05) is 11.9 Å². The van der Waals surface area contributed by atoms with Gasteiger partial charge in [0.05, 0.1) is 6.61 Å². The van der Waals surface area contributed by atoms with E-state index >= 15 is 0 Å². The van der Waals surface area contributed by atoms with E-state index in [9.17, 15) is 9.59 Å². The summed E-state index contributed by atoms with van der Waals surface area (Å²) in [6.07, 6.45) is 1.04. The molecule has 0 aliphatic rings. The molecule has 1 aromatic carbocycles. The highest BCUT2D eigenvalue weighted by molar-refractivity contribution is 7.14. The lowest BCUT2D eigenvalue weighted by Crippen LogP contribution is -2.12. The SMILES string of the molecule is CCOC(=O)c1csc(NC(=O)CCc2ccccc2)n1. The zero-order valence-corrected chi connectivity index (χ0v) is 12.5. The van der Waals surface area contributed by atoms with Gasteiger partial charge in [0.25, 0.3) is 0 Å². The maximum atomic E-state index is 11.8. The minimum Gasteiger partial charge on any atom is -0.461 e. The number of amides is 1. The molecule has 5 nitrogen and oxygen atoms in total. The first-order valence-electron chi connectivity index (χ1n) is 6.65. The second kappa shape index (κ2) is 7.54. The minimum absolute atomic E-state index is 0.122. The molecule has 0 fully saturated rings. The van der Waals surface area contributed by atoms with Crippen molar-refractivity contribution in [3.05, 3.63) is 47.0 Å². The monoisotopic (exact) mass is 304 g/mol. The molecule has 110 valence electrons. The minimum atomic E-state index is -0.474. The summed E-state index contributed by atoms with van der Waals surface area (Å²) >= 11 is 1.21. The van der Waals surface area contributed by atoms with Crippen molar-refractivity contribution in [3.8, 4) is 0 Å². The summed E-state index contributed by atoms with van der Waals surface area (Å²) in [5, 5.41) is 4.68. The van der Waals surface area contributed by atoms with Crippen LogP contribution in [0.25, 0.3) is 0 Å². The normalized spacial score (nSPS) is 10.1. The molecule has 2 rings (SSSR count). The average molecular weight is 304 g/mol. The molecule has 1 heterocycles. The third-order valence-electron chi connectivity index (χ3n) is 2.72. The van der Waals surface area contributed by atoms with Gasteiger partial charge in [-0.15, -0.1) is 11.3 Å². The first kappa shape index (κ1) is 15.2. The molecule has 0 saturated carbocycles. The first-order valence-corrected chi connectivity index (χ1v) is 7.53. The number of rotatable bonds is 6. The molecular formula is C15H16N2O3S. The van der Waals surface area contributed by atoms with Crippen LogP contribution in [-0.4, -0.2) is 23.5 Å². The summed E-state index contributed by atoms with van der Waals surface area (Å²) in [6.45, 7) is 2.03. The Bertz CT molecular complexity index is 610. The van der Waals surface area contributed by atoms with Gasteiger partial charge in [-0.2, -0.15) is 0 Å². The largest absolute Gasteiger partial charge is 0.461 e. The van der Waals surface area contributed by atoms with E-state index in [1.165, 1.54) is 11.3 Å². The summed E-state index contributed by atoms with van der Waals surface area (Å²) in [5.41, 5.74) is 1.33. The number of anilines is 1. The van der Waals surface area contributed by atoms with Gasteiger partial charge in [0.15, 0.2) is 10.8 Å². The van der Waals surface area contributed by atoms with Gasteiger partial charge in [0.1, 0.15) is 0 Å². The number of nitrogens with one attached hydrogen (secondary N) is 1. The Kier molecular flexibility index (Phi) is 5.45. The number of carbonyl (C=O) groups is 2. The fraction of sp³-hybridized carbons (Fsp3) is 0.267. The van der Waals surface area contributed by atoms with Crippen molar-refractivity contribution in [1.82, 2.24) is 4.98 Å². The summed E-state index contributed by atoms with van der Waals surface area (Å²) in [5.74, 6) is -0.595. The molecule has 0 radical (unpaired) electrons. The highest BCUT2D eigenvalue weighted by Gasteiger charge is 2.13. The van der Waals surface area contributed by atoms with Crippen molar-refractivity contribution in [2.45, 2.75) is 19.8 Å². The summed E-state index contributed by atoms with van der Waals surface area (Å²) < 4.78 is 4.84. The molecule has 1 N–H and O–H groups in total. The van der Waals surface area contributed by atoms with Gasteiger partial charge in [0, 0.05) is 11.8 Å². The topological polar surface area (TPSA) is 68.3 Å². The zero-order chi connectivity index (χ0) is 15.1. The summed E-state index contributed by atoms with van der Waals surface area (Å²) in [6, 6.07) is 9.79. The number of aryl methyl sites for hydroxylation is 1. The summed E-state index contributed by atoms with van der Waals surface area (Å²) in [4.78, 5) is 27.3. The lowest BCUT2D eigenvalue weighted by molar-refractivity contribution is -0.116. The number of aromatic nitrogens is 1. The predicted molar refractivity (Wildman–Crippen MR) is 81.5 cm³/mol. The predicted octanol–water partition coefficient (Wildman–Crippen LogP) is 2.89. The first-order chi connectivity index (χ1) is 10.2. The highest BCUT2D eigenvalue weighted by atomic mass is 32.1. The number of ether oxygens (including phenoxy) is 1. The maximum absolute atomic E-state index is 11.8. The fourth-order valence-corrected chi connectivity index (χ4v) is 2.41. The Labute approximate surface area is 127 Å². The van der Waals surface area contributed by atoms with Gasteiger partial charge >= 0.3 is 5.97 Å². The molecule has 2 aromatic rings. The number of hydrogen-bond donors (Lipinski definition) is 1. The van der Waals surface area contributed by atoms with E-state index < -0.39 is 5.97 Å². The van der Waals surface area contributed by atoms with E-state index in [1.807, 2.05) is 30.3 Å². The third-order valence-corrected chi connectivity index (χ3v) is 3.48. The molecule has 0 atom stereocenters. The Morgan fingerprint density at radius 2 is 2.05 bits per heavy atom. The molecule has 21 heavy (non-hydrogen) atoms. The molecule has 0 unspecified atom stereocenters. The standard InChI is InChI=1S/C15H16N2O3S/c1-2-20-14(19)12-10-21-15(16-12)17-13(18)9-8-11-6-4-3-5-7-11/h3-7,10H,2,8-9H2,1H3,(H,16,17,18). The molecule has 0 saturated heterocycles. The van der Waals surface area contributed by atoms with E-state index in [1.54, 1.807) is 12.3 Å². The van der Waals surface area contributed by atoms with Crippen LogP contribution in [0.5, 0.6) is 0 Å². The van der Waals surface area contributed by atoms with Crippen LogP contribution in [0.2, 0.25) is 0 Å². The van der Waals surface area contributed by atoms with E-state index in [-0.39, 0.29) is 11.6 Å². The number of hydrogen-bond acceptors (Lipinski definition) is 5. The van der Waals surface area contributed by atoms with Gasteiger partial charge in [-0.1, -0.05) is 30.3 Å². The number of benzene rings is 1. The van der Waals surface area contributed by atoms with Crippen LogP contribution in [0.3, 0.4) is 0 Å². The van der Waals surface area contributed by atoms with E-state index in [4.69, 9.17) is 4.74 Å². The lowest BCUT2D eigenvalue weighted by atomic mass is 10.1. The molecular weight excluding hydrogens is 288 g/mol. The van der Waals surface area contributed by atoms with Crippen LogP contribution in [0.1, 0.15) is 29.4 Å². The number of thiazole rings is 1. The van der Waals surface area contributed by atoms with Crippen LogP contribution in [0.15, 0.2) is 35.7 Å². The quantitative estimate of drug-likeness (QED) is 0.833. The Morgan fingerprint density at radius 3 is 2.76 bits per heavy atom. The van der Waals surface area contributed by atoms with Crippen LogP contribution in [0, 0.1) is 0 Å². The zero-order valence-electron chi connectivity index (χ0n) is 11.7. The lowest BCUT2D eigenvalue weighted by Gasteiger charge is -2.02. The van der Waals surface area contributed by atoms with E-state index in [2.05, 4.69) is 10.3 Å². The van der Waals surface area contributed by atoms with Crippen LogP contribution < -0.4 is 5.32 Å². The van der Waals surface area contributed by atoms with E-state index in [0.29, 0.717) is 24.6 Å². The van der Waals surface area contributed by atoms with Crippen LogP contribution in [-0.2, 0) is 16.0 Å². The van der Waals surface area contributed by atoms with Gasteiger partial charge in [0.2, 0.25) is 5.91 Å². The Morgan fingerprint density at radius 1 is 1.29 bits per heavy atom. The van der Waals surface area contributed by atoms with Gasteiger partial charge < -0.3 is 10.1 Å². The average Bonchev–Trinajstić information content (AvgIpc) is 2.95. The van der Waals surface area contributed by atoms with Crippen molar-refractivity contribution < 1.29 is 14.3 Å². The van der Waals surface area contributed by atoms with Crippen LogP contribution in [0.4, 0.5) is 5.13 Å². The second-order valence-electron chi connectivity index (χ2n) is 4.29. The molecule has 0 aliphatic heterocycles. The molecule has 0 aliphatic carbocycles. The van der Waals surface area contributed by atoms with Gasteiger partial charge in [-0.3, -0.25) is 4.79 Å². The smallest absolute Gasteiger partial charge is 0.357 e. The van der Waals surface area contributed by atoms with Gasteiger partial charge in [-0.05, 0) is 18.9 Å². The van der Waals surface area contributed by atoms with Crippen molar-refractivity contribution >= 4 is 28.3 Å². The molecule has 0 spiro atoms. The molecule has 1 amide bonds. The highest BCUT2D eigenvalue weighted by Crippen LogP contribution is 2.16. The Hall–Kier alpha value is -2.21. The van der Waals surface area contributed by atoms with Crippen molar-refractivity contribution in [3.63, 3.8) is 0 Å². The van der Waals surface area contributed by atoms with Crippen molar-refractivity contribution in [2.24, 2.45) is 0 Å². The maximum Gasteiger partial charge on any atom is 0.357 e. The van der Waals surface area contributed by atoms with Crippen LogP contribution >= 0.6 is 11.3 Å². The molecule has 0 bridgehead atoms.